The maximum Gasteiger partial charge on any atom is 0.419 e. The zero-order valence-electron chi connectivity index (χ0n) is 20.9. The minimum Gasteiger partial charge on any atom is -0.503 e. The van der Waals surface area contributed by atoms with E-state index in [4.69, 9.17) is 0 Å². The number of aromatic nitrogens is 4. The van der Waals surface area contributed by atoms with Crippen molar-refractivity contribution in [2.45, 2.75) is 25.6 Å². The number of fused-ring (bicyclic) bond motifs is 1. The molecule has 13 heteroatoms. The predicted molar refractivity (Wildman–Crippen MR) is 132 cm³/mol. The number of piperazine rings is 1. The number of rotatable bonds is 4. The molecule has 1 amide bonds. The van der Waals surface area contributed by atoms with Crippen molar-refractivity contribution in [1.29, 1.82) is 0 Å². The van der Waals surface area contributed by atoms with Gasteiger partial charge < -0.3 is 14.9 Å². The van der Waals surface area contributed by atoms with Crippen LogP contribution in [0.3, 0.4) is 0 Å². The van der Waals surface area contributed by atoms with Crippen LogP contribution in [0, 0.1) is 11.6 Å². The van der Waals surface area contributed by atoms with E-state index in [1.54, 1.807) is 4.90 Å². The lowest BCUT2D eigenvalue weighted by Gasteiger charge is -2.41. The molecule has 2 aromatic carbocycles. The third kappa shape index (κ3) is 4.84. The number of carbonyl (C=O) groups is 1. The molecule has 3 heterocycles. The molecule has 2 aromatic heterocycles. The molecular formula is C26H23F5N6O2. The second kappa shape index (κ2) is 9.79. The van der Waals surface area contributed by atoms with Gasteiger partial charge in [-0.3, -0.25) is 4.79 Å². The highest BCUT2D eigenvalue weighted by atomic mass is 19.4. The van der Waals surface area contributed by atoms with Crippen molar-refractivity contribution < 1.29 is 31.9 Å². The van der Waals surface area contributed by atoms with Gasteiger partial charge in [-0.25, -0.2) is 18.4 Å². The molecule has 1 atom stereocenters. The average molecular weight is 547 g/mol. The Bertz CT molecular complexity index is 1560. The minimum absolute atomic E-state index is 0.0526. The van der Waals surface area contributed by atoms with Crippen LogP contribution in [0.5, 0.6) is 5.75 Å². The summed E-state index contributed by atoms with van der Waals surface area (Å²) in [6.07, 6.45) is -3.26. The van der Waals surface area contributed by atoms with E-state index in [-0.39, 0.29) is 34.7 Å². The molecule has 1 fully saturated rings. The number of hydrogen-bond donors (Lipinski definition) is 1. The van der Waals surface area contributed by atoms with E-state index >= 15 is 0 Å². The molecule has 0 bridgehead atoms. The largest absolute Gasteiger partial charge is 0.503 e. The van der Waals surface area contributed by atoms with Crippen LogP contribution in [0.15, 0.2) is 42.6 Å². The summed E-state index contributed by atoms with van der Waals surface area (Å²) < 4.78 is 70.1. The zero-order chi connectivity index (χ0) is 28.1. The Morgan fingerprint density at radius 2 is 1.85 bits per heavy atom. The van der Waals surface area contributed by atoms with Crippen LogP contribution in [0.2, 0.25) is 0 Å². The maximum absolute atomic E-state index is 14.8. The first kappa shape index (κ1) is 26.3. The Labute approximate surface area is 219 Å². The predicted octanol–water partition coefficient (Wildman–Crippen LogP) is 4.31. The molecule has 5 rings (SSSR count). The number of aromatic hydroxyl groups is 1. The maximum atomic E-state index is 14.8. The summed E-state index contributed by atoms with van der Waals surface area (Å²) in [5, 5.41) is 14.0. The third-order valence-electron chi connectivity index (χ3n) is 6.80. The molecule has 1 saturated heterocycles. The summed E-state index contributed by atoms with van der Waals surface area (Å²) in [4.78, 5) is 24.8. The molecule has 0 aliphatic carbocycles. The highest BCUT2D eigenvalue weighted by Gasteiger charge is 2.38. The minimum atomic E-state index is -5.17. The van der Waals surface area contributed by atoms with Crippen molar-refractivity contribution in [3.8, 4) is 17.0 Å². The summed E-state index contributed by atoms with van der Waals surface area (Å²) in [6, 6.07) is 9.80. The molecule has 0 saturated carbocycles. The number of phenols is 1. The highest BCUT2D eigenvalue weighted by molar-refractivity contribution is 5.91. The number of carbonyl (C=O) groups excluding carboxylic acids is 1. The van der Waals surface area contributed by atoms with Crippen LogP contribution in [0.4, 0.5) is 27.9 Å². The normalized spacial score (nSPS) is 16.2. The molecule has 0 spiro atoms. The number of aryl methyl sites for hydroxylation is 1. The molecule has 39 heavy (non-hydrogen) atoms. The van der Waals surface area contributed by atoms with E-state index in [9.17, 15) is 31.9 Å². The van der Waals surface area contributed by atoms with Crippen LogP contribution >= 0.6 is 0 Å². The third-order valence-corrected chi connectivity index (χ3v) is 6.80. The van der Waals surface area contributed by atoms with Gasteiger partial charge in [0.05, 0.1) is 17.0 Å². The van der Waals surface area contributed by atoms with Crippen LogP contribution in [-0.4, -0.2) is 61.3 Å². The number of anilines is 1. The summed E-state index contributed by atoms with van der Waals surface area (Å²) in [5.41, 5.74) is -1.59. The fourth-order valence-electron chi connectivity index (χ4n) is 4.83. The Morgan fingerprint density at radius 3 is 2.51 bits per heavy atom. The number of benzene rings is 2. The highest BCUT2D eigenvalue weighted by Crippen LogP contribution is 2.41. The topological polar surface area (TPSA) is 87.4 Å². The number of halogens is 5. The first-order valence-electron chi connectivity index (χ1n) is 12.0. The molecule has 0 radical (unpaired) electrons. The second-order valence-electron chi connectivity index (χ2n) is 9.33. The Hall–Kier alpha value is -4.29. The van der Waals surface area contributed by atoms with Crippen LogP contribution in [0.1, 0.15) is 18.1 Å². The molecule has 0 unspecified atom stereocenters. The van der Waals surface area contributed by atoms with E-state index in [2.05, 4.69) is 15.1 Å². The van der Waals surface area contributed by atoms with Gasteiger partial charge in [-0.2, -0.15) is 23.3 Å². The van der Waals surface area contributed by atoms with E-state index < -0.39 is 34.7 Å². The van der Waals surface area contributed by atoms with Gasteiger partial charge in [-0.15, -0.1) is 0 Å². The number of amides is 1. The van der Waals surface area contributed by atoms with Gasteiger partial charge in [0, 0.05) is 45.4 Å². The molecule has 1 aliphatic heterocycles. The quantitative estimate of drug-likeness (QED) is 0.384. The summed E-state index contributed by atoms with van der Waals surface area (Å²) in [6.45, 7) is 2.82. The lowest BCUT2D eigenvalue weighted by Crippen LogP contribution is -2.55. The summed E-state index contributed by atoms with van der Waals surface area (Å²) in [7, 11) is 1.48. The molecule has 4 aromatic rings. The van der Waals surface area contributed by atoms with Crippen LogP contribution in [-0.2, 0) is 24.4 Å². The average Bonchev–Trinajstić information content (AvgIpc) is 3.22. The zero-order valence-corrected chi connectivity index (χ0v) is 20.9. The van der Waals surface area contributed by atoms with E-state index in [1.165, 1.54) is 24.9 Å². The summed E-state index contributed by atoms with van der Waals surface area (Å²) >= 11 is 0. The monoisotopic (exact) mass is 546 g/mol. The fourth-order valence-corrected chi connectivity index (χ4v) is 4.83. The fraction of sp³-hybridized carbons (Fsp3) is 0.308. The van der Waals surface area contributed by atoms with Gasteiger partial charge in [0.1, 0.15) is 5.69 Å². The van der Waals surface area contributed by atoms with Crippen molar-refractivity contribution in [2.75, 3.05) is 24.5 Å². The number of phenolic OH excluding ortho intramolecular Hbond substituents is 1. The van der Waals surface area contributed by atoms with Crippen molar-refractivity contribution in [1.82, 2.24) is 24.6 Å². The van der Waals surface area contributed by atoms with Crippen LogP contribution in [0.25, 0.3) is 22.3 Å². The number of alkyl halides is 3. The smallest absolute Gasteiger partial charge is 0.419 e. The molecule has 1 N–H and O–H groups in total. The van der Waals surface area contributed by atoms with Crippen LogP contribution < -0.4 is 4.90 Å². The van der Waals surface area contributed by atoms with Gasteiger partial charge in [0.2, 0.25) is 11.9 Å². The molecule has 8 nitrogen and oxygen atoms in total. The second-order valence-corrected chi connectivity index (χ2v) is 9.33. The van der Waals surface area contributed by atoms with E-state index in [0.717, 1.165) is 5.56 Å². The number of hydrogen-bond acceptors (Lipinski definition) is 6. The van der Waals surface area contributed by atoms with Crippen molar-refractivity contribution in [3.63, 3.8) is 0 Å². The SMILES string of the molecule is CC(=O)N1CCN(c2ncc3c(-c4cc(C(F)(F)F)c(F)c(O)c4F)nn(C)c3n2)[C@H](Cc2ccccc2)C1. The first-order valence-corrected chi connectivity index (χ1v) is 12.0. The van der Waals surface area contributed by atoms with E-state index in [1.807, 2.05) is 35.2 Å². The first-order chi connectivity index (χ1) is 18.5. The van der Waals surface area contributed by atoms with E-state index in [0.29, 0.717) is 32.0 Å². The number of nitrogens with zero attached hydrogens (tertiary/aromatic N) is 6. The van der Waals surface area contributed by atoms with Crippen molar-refractivity contribution in [3.05, 3.63) is 65.4 Å². The Morgan fingerprint density at radius 1 is 1.13 bits per heavy atom. The van der Waals surface area contributed by atoms with Gasteiger partial charge in [-0.05, 0) is 18.1 Å². The van der Waals surface area contributed by atoms with Gasteiger partial charge >= 0.3 is 6.18 Å². The van der Waals surface area contributed by atoms with Gasteiger partial charge in [0.25, 0.3) is 0 Å². The van der Waals surface area contributed by atoms with Gasteiger partial charge in [0.15, 0.2) is 23.0 Å². The lowest BCUT2D eigenvalue weighted by atomic mass is 10.0. The molecule has 204 valence electrons. The molecular weight excluding hydrogens is 523 g/mol. The Kier molecular flexibility index (Phi) is 6.60. The van der Waals surface area contributed by atoms with Crippen molar-refractivity contribution in [2.24, 2.45) is 7.05 Å². The van der Waals surface area contributed by atoms with Crippen molar-refractivity contribution >= 4 is 22.9 Å². The lowest BCUT2D eigenvalue weighted by molar-refractivity contribution is -0.140. The standard InChI is InChI=1S/C26H23F5N6O2/c1-14(38)36-8-9-37(16(13-36)10-15-6-4-3-5-7-15)25-32-12-18-22(34-35(2)24(18)33-25)17-11-19(26(29,30)31)21(28)23(39)20(17)27/h3-7,11-12,16,39H,8-10,13H2,1-2H3/t16-/m1/s1. The summed E-state index contributed by atoms with van der Waals surface area (Å²) in [5.74, 6) is -5.17. The van der Waals surface area contributed by atoms with Gasteiger partial charge in [-0.1, -0.05) is 30.3 Å². The molecule has 1 aliphatic rings. The Balaban J connectivity index is 1.56.